The van der Waals surface area contributed by atoms with E-state index in [1.165, 1.54) is 19.2 Å². The highest BCUT2D eigenvalue weighted by atomic mass is 32.2. The summed E-state index contributed by atoms with van der Waals surface area (Å²) >= 11 is 0. The van der Waals surface area contributed by atoms with Crippen molar-refractivity contribution in [3.63, 3.8) is 0 Å². The van der Waals surface area contributed by atoms with Gasteiger partial charge in [0.25, 0.3) is 5.91 Å². The molecule has 1 aliphatic heterocycles. The van der Waals surface area contributed by atoms with Crippen LogP contribution in [0.2, 0.25) is 0 Å². The summed E-state index contributed by atoms with van der Waals surface area (Å²) in [6, 6.07) is 4.88. The van der Waals surface area contributed by atoms with E-state index in [1.54, 1.807) is 23.7 Å². The first-order valence-electron chi connectivity index (χ1n) is 7.41. The van der Waals surface area contributed by atoms with E-state index in [0.29, 0.717) is 5.75 Å². The standard InChI is InChI=1S/C16H22N2O5S/c1-5-13-14(15(19)17-20)18(10-16(13,2)3)24(21,22)12-8-6-11(23-4)7-9-12/h5-9,13-14,20H,1,10H2,2-4H3,(H,17,19)/t13-,14+/m0/s1. The molecule has 1 aromatic rings. The lowest BCUT2D eigenvalue weighted by Crippen LogP contribution is -2.47. The van der Waals surface area contributed by atoms with Gasteiger partial charge in [0.05, 0.1) is 12.0 Å². The number of hydrogen-bond acceptors (Lipinski definition) is 5. The van der Waals surface area contributed by atoms with Crippen molar-refractivity contribution in [3.8, 4) is 5.75 Å². The Labute approximate surface area is 141 Å². The van der Waals surface area contributed by atoms with Crippen molar-refractivity contribution in [2.24, 2.45) is 11.3 Å². The number of carbonyl (C=O) groups excluding carboxylic acids is 1. The summed E-state index contributed by atoms with van der Waals surface area (Å²) in [5.74, 6) is -0.676. The maximum atomic E-state index is 13.0. The number of amides is 1. The average molecular weight is 354 g/mol. The summed E-state index contributed by atoms with van der Waals surface area (Å²) in [5, 5.41) is 9.03. The molecule has 8 heteroatoms. The Morgan fingerprint density at radius 1 is 1.42 bits per heavy atom. The number of methoxy groups -OCH3 is 1. The molecule has 7 nitrogen and oxygen atoms in total. The number of hydroxylamine groups is 1. The number of nitrogens with one attached hydrogen (secondary N) is 1. The molecule has 0 aliphatic carbocycles. The number of ether oxygens (including phenoxy) is 1. The number of sulfonamides is 1. The van der Waals surface area contributed by atoms with Crippen LogP contribution in [0.15, 0.2) is 41.8 Å². The lowest BCUT2D eigenvalue weighted by Gasteiger charge is -2.25. The van der Waals surface area contributed by atoms with Gasteiger partial charge in [0.2, 0.25) is 10.0 Å². The third-order valence-corrected chi connectivity index (χ3v) is 6.26. The highest BCUT2D eigenvalue weighted by molar-refractivity contribution is 7.89. The largest absolute Gasteiger partial charge is 0.497 e. The van der Waals surface area contributed by atoms with Gasteiger partial charge in [-0.05, 0) is 29.7 Å². The van der Waals surface area contributed by atoms with Crippen molar-refractivity contribution < 1.29 is 23.2 Å². The minimum absolute atomic E-state index is 0.0551. The van der Waals surface area contributed by atoms with Gasteiger partial charge in [-0.2, -0.15) is 4.31 Å². The van der Waals surface area contributed by atoms with Crippen LogP contribution < -0.4 is 10.2 Å². The van der Waals surface area contributed by atoms with Crippen LogP contribution in [0.5, 0.6) is 5.75 Å². The molecule has 0 bridgehead atoms. The summed E-state index contributed by atoms with van der Waals surface area (Å²) in [6.45, 7) is 7.58. The zero-order chi connectivity index (χ0) is 18.1. The van der Waals surface area contributed by atoms with Gasteiger partial charge in [0, 0.05) is 12.5 Å². The van der Waals surface area contributed by atoms with E-state index in [0.717, 1.165) is 4.31 Å². The Morgan fingerprint density at radius 3 is 2.46 bits per heavy atom. The van der Waals surface area contributed by atoms with E-state index in [9.17, 15) is 13.2 Å². The lowest BCUT2D eigenvalue weighted by molar-refractivity contribution is -0.133. The monoisotopic (exact) mass is 354 g/mol. The van der Waals surface area contributed by atoms with Gasteiger partial charge < -0.3 is 4.74 Å². The van der Waals surface area contributed by atoms with Gasteiger partial charge in [0.15, 0.2) is 0 Å². The molecular formula is C16H22N2O5S. The summed E-state index contributed by atoms with van der Waals surface area (Å²) in [4.78, 5) is 12.2. The second-order valence-electron chi connectivity index (χ2n) is 6.40. The van der Waals surface area contributed by atoms with E-state index in [2.05, 4.69) is 6.58 Å². The highest BCUT2D eigenvalue weighted by Crippen LogP contribution is 2.43. The smallest absolute Gasteiger partial charge is 0.262 e. The Balaban J connectivity index is 2.49. The van der Waals surface area contributed by atoms with Crippen LogP contribution in [-0.2, 0) is 14.8 Å². The maximum absolute atomic E-state index is 13.0. The van der Waals surface area contributed by atoms with E-state index < -0.39 is 33.3 Å². The normalized spacial score (nSPS) is 23.7. The van der Waals surface area contributed by atoms with E-state index in [4.69, 9.17) is 9.94 Å². The zero-order valence-electron chi connectivity index (χ0n) is 13.9. The predicted molar refractivity (Wildman–Crippen MR) is 88.1 cm³/mol. The molecule has 0 radical (unpaired) electrons. The molecule has 1 amide bonds. The molecular weight excluding hydrogens is 332 g/mol. The predicted octanol–water partition coefficient (Wildman–Crippen LogP) is 1.40. The van der Waals surface area contributed by atoms with E-state index in [1.807, 2.05) is 13.8 Å². The molecule has 132 valence electrons. The molecule has 2 rings (SSSR count). The fourth-order valence-electron chi connectivity index (χ4n) is 3.14. The van der Waals surface area contributed by atoms with Crippen molar-refractivity contribution in [2.45, 2.75) is 24.8 Å². The van der Waals surface area contributed by atoms with E-state index in [-0.39, 0.29) is 11.4 Å². The maximum Gasteiger partial charge on any atom is 0.262 e. The van der Waals surface area contributed by atoms with Crippen LogP contribution >= 0.6 is 0 Å². The quantitative estimate of drug-likeness (QED) is 0.473. The molecule has 1 aromatic carbocycles. The topological polar surface area (TPSA) is 95.9 Å². The SMILES string of the molecule is C=C[C@H]1[C@H](C(=O)NO)N(S(=O)(=O)c2ccc(OC)cc2)CC1(C)C. The van der Waals surface area contributed by atoms with Gasteiger partial charge >= 0.3 is 0 Å². The fraction of sp³-hybridized carbons (Fsp3) is 0.438. The second-order valence-corrected chi connectivity index (χ2v) is 8.29. The third-order valence-electron chi connectivity index (χ3n) is 4.41. The number of hydrogen-bond donors (Lipinski definition) is 2. The summed E-state index contributed by atoms with van der Waals surface area (Å²) in [6.07, 6.45) is 1.56. The van der Waals surface area contributed by atoms with Crippen molar-refractivity contribution >= 4 is 15.9 Å². The van der Waals surface area contributed by atoms with Crippen molar-refractivity contribution in [1.29, 1.82) is 0 Å². The molecule has 1 fully saturated rings. The van der Waals surface area contributed by atoms with Crippen LogP contribution in [0, 0.1) is 11.3 Å². The minimum Gasteiger partial charge on any atom is -0.497 e. The van der Waals surface area contributed by atoms with E-state index >= 15 is 0 Å². The Morgan fingerprint density at radius 2 is 2.00 bits per heavy atom. The van der Waals surface area contributed by atoms with Gasteiger partial charge in [-0.25, -0.2) is 13.9 Å². The van der Waals surface area contributed by atoms with Crippen molar-refractivity contribution in [3.05, 3.63) is 36.9 Å². The van der Waals surface area contributed by atoms with Crippen LogP contribution in [0.4, 0.5) is 0 Å². The number of nitrogens with zero attached hydrogens (tertiary/aromatic N) is 1. The number of rotatable bonds is 5. The molecule has 1 aliphatic rings. The average Bonchev–Trinajstić information content (AvgIpc) is 2.85. The summed E-state index contributed by atoms with van der Waals surface area (Å²) in [7, 11) is -2.44. The van der Waals surface area contributed by atoms with Gasteiger partial charge in [-0.1, -0.05) is 19.9 Å². The molecule has 0 aromatic heterocycles. The Hall–Kier alpha value is -1.90. The van der Waals surface area contributed by atoms with Crippen LogP contribution in [0.25, 0.3) is 0 Å². The van der Waals surface area contributed by atoms with Gasteiger partial charge in [0.1, 0.15) is 11.8 Å². The first-order chi connectivity index (χ1) is 11.2. The molecule has 0 unspecified atom stereocenters. The summed E-state index contributed by atoms with van der Waals surface area (Å²) in [5.41, 5.74) is 1.07. The number of benzene rings is 1. The Kier molecular flexibility index (Phi) is 5.03. The number of carbonyl (C=O) groups is 1. The van der Waals surface area contributed by atoms with Crippen molar-refractivity contribution in [1.82, 2.24) is 9.79 Å². The molecule has 1 saturated heterocycles. The van der Waals surface area contributed by atoms with Crippen LogP contribution in [-0.4, -0.2) is 43.5 Å². The van der Waals surface area contributed by atoms with Gasteiger partial charge in [-0.15, -0.1) is 6.58 Å². The fourth-order valence-corrected chi connectivity index (χ4v) is 4.92. The zero-order valence-corrected chi connectivity index (χ0v) is 14.7. The molecule has 2 N–H and O–H groups in total. The molecule has 2 atom stereocenters. The second kappa shape index (κ2) is 6.54. The lowest BCUT2D eigenvalue weighted by atomic mass is 9.79. The summed E-state index contributed by atoms with van der Waals surface area (Å²) < 4.78 is 32.2. The first kappa shape index (κ1) is 18.4. The highest BCUT2D eigenvalue weighted by Gasteiger charge is 2.53. The molecule has 1 heterocycles. The molecule has 0 saturated carbocycles. The molecule has 24 heavy (non-hydrogen) atoms. The molecule has 0 spiro atoms. The first-order valence-corrected chi connectivity index (χ1v) is 8.85. The minimum atomic E-state index is -3.92. The van der Waals surface area contributed by atoms with Crippen molar-refractivity contribution in [2.75, 3.05) is 13.7 Å². The third kappa shape index (κ3) is 3.04. The van der Waals surface area contributed by atoms with Gasteiger partial charge in [-0.3, -0.25) is 10.0 Å². The Bertz CT molecular complexity index is 727. The van der Waals surface area contributed by atoms with Crippen LogP contribution in [0.3, 0.4) is 0 Å². The van der Waals surface area contributed by atoms with Crippen LogP contribution in [0.1, 0.15) is 13.8 Å².